The Bertz CT molecular complexity index is 417. The molecule has 0 aliphatic heterocycles. The van der Waals surface area contributed by atoms with Crippen molar-refractivity contribution in [1.29, 1.82) is 0 Å². The van der Waals surface area contributed by atoms with Crippen LogP contribution in [0.1, 0.15) is 19.5 Å². The molecule has 0 saturated carbocycles. The third kappa shape index (κ3) is 8.87. The van der Waals surface area contributed by atoms with Gasteiger partial charge in [0.1, 0.15) is 0 Å². The Morgan fingerprint density at radius 2 is 2.00 bits per heavy atom. The van der Waals surface area contributed by atoms with Crippen LogP contribution in [0.2, 0.25) is 0 Å². The average Bonchev–Trinajstić information content (AvgIpc) is 2.38. The van der Waals surface area contributed by atoms with E-state index in [0.717, 1.165) is 24.7 Å². The van der Waals surface area contributed by atoms with Gasteiger partial charge in [-0.05, 0) is 31.6 Å². The zero-order valence-electron chi connectivity index (χ0n) is 13.7. The zero-order chi connectivity index (χ0) is 15.0. The van der Waals surface area contributed by atoms with E-state index in [1.54, 1.807) is 13.2 Å². The van der Waals surface area contributed by atoms with E-state index in [1.165, 1.54) is 0 Å². The predicted octanol–water partition coefficient (Wildman–Crippen LogP) is 1.95. The summed E-state index contributed by atoms with van der Waals surface area (Å²) in [6.07, 6.45) is 1.80. The molecule has 120 valence electrons. The van der Waals surface area contributed by atoms with Crippen LogP contribution < -0.4 is 10.6 Å². The van der Waals surface area contributed by atoms with Gasteiger partial charge in [-0.15, -0.1) is 24.0 Å². The van der Waals surface area contributed by atoms with E-state index in [9.17, 15) is 0 Å². The second-order valence-corrected chi connectivity index (χ2v) is 6.00. The Balaban J connectivity index is 0.00000400. The summed E-state index contributed by atoms with van der Waals surface area (Å²) in [7, 11) is 5.97. The number of hydrogen-bond donors (Lipinski definition) is 2. The molecule has 0 aliphatic rings. The molecular weight excluding hydrogens is 377 g/mol. The first-order chi connectivity index (χ1) is 9.43. The molecule has 0 atom stereocenters. The molecule has 0 amide bonds. The van der Waals surface area contributed by atoms with Crippen LogP contribution in [0.25, 0.3) is 0 Å². The molecule has 1 aromatic rings. The lowest BCUT2D eigenvalue weighted by molar-refractivity contribution is 0.241. The Kier molecular flexibility index (Phi) is 9.52. The fraction of sp³-hybridized carbons (Fsp3) is 0.600. The minimum Gasteiger partial charge on any atom is -0.356 e. The van der Waals surface area contributed by atoms with E-state index in [2.05, 4.69) is 53.5 Å². The van der Waals surface area contributed by atoms with Crippen LogP contribution in [-0.4, -0.2) is 50.1 Å². The predicted molar refractivity (Wildman–Crippen MR) is 100 cm³/mol. The molecule has 1 rings (SSSR count). The number of rotatable bonds is 6. The van der Waals surface area contributed by atoms with Crippen LogP contribution in [0.5, 0.6) is 0 Å². The third-order valence-electron chi connectivity index (χ3n) is 2.87. The summed E-state index contributed by atoms with van der Waals surface area (Å²) >= 11 is 0. The van der Waals surface area contributed by atoms with Crippen LogP contribution in [0.15, 0.2) is 29.4 Å². The van der Waals surface area contributed by atoms with Crippen molar-refractivity contribution in [2.45, 2.75) is 20.4 Å². The molecule has 21 heavy (non-hydrogen) atoms. The first-order valence-corrected chi connectivity index (χ1v) is 6.92. The molecule has 1 aromatic heterocycles. The normalized spacial score (nSPS) is 12.0. The number of nitrogens with one attached hydrogen (secondary N) is 2. The van der Waals surface area contributed by atoms with Gasteiger partial charge in [0.15, 0.2) is 5.96 Å². The minimum absolute atomic E-state index is 0. The maximum absolute atomic E-state index is 4.28. The summed E-state index contributed by atoms with van der Waals surface area (Å²) in [5.74, 6) is 0.808. The molecule has 0 aliphatic carbocycles. The number of hydrogen-bond acceptors (Lipinski definition) is 3. The van der Waals surface area contributed by atoms with Crippen molar-refractivity contribution in [1.82, 2.24) is 20.5 Å². The summed E-state index contributed by atoms with van der Waals surface area (Å²) < 4.78 is 0. The summed E-state index contributed by atoms with van der Waals surface area (Å²) in [4.78, 5) is 10.7. The number of nitrogens with zero attached hydrogens (tertiary/aromatic N) is 3. The van der Waals surface area contributed by atoms with Crippen molar-refractivity contribution in [2.24, 2.45) is 10.4 Å². The molecule has 6 heteroatoms. The molecular formula is C15H28IN5. The van der Waals surface area contributed by atoms with Gasteiger partial charge in [-0.3, -0.25) is 9.98 Å². The highest BCUT2D eigenvalue weighted by molar-refractivity contribution is 14.0. The summed E-state index contributed by atoms with van der Waals surface area (Å²) in [6, 6.07) is 5.90. The highest BCUT2D eigenvalue weighted by Gasteiger charge is 2.19. The highest BCUT2D eigenvalue weighted by Crippen LogP contribution is 2.13. The van der Waals surface area contributed by atoms with E-state index in [4.69, 9.17) is 0 Å². The van der Waals surface area contributed by atoms with E-state index in [0.29, 0.717) is 6.54 Å². The van der Waals surface area contributed by atoms with Gasteiger partial charge in [-0.2, -0.15) is 0 Å². The molecule has 0 unspecified atom stereocenters. The molecule has 0 radical (unpaired) electrons. The lowest BCUT2D eigenvalue weighted by Gasteiger charge is -2.29. The van der Waals surface area contributed by atoms with E-state index in [1.807, 2.05) is 18.2 Å². The monoisotopic (exact) mass is 405 g/mol. The van der Waals surface area contributed by atoms with Crippen molar-refractivity contribution in [3.05, 3.63) is 30.1 Å². The summed E-state index contributed by atoms with van der Waals surface area (Å²) in [6.45, 7) is 7.05. The highest BCUT2D eigenvalue weighted by atomic mass is 127. The second-order valence-electron chi connectivity index (χ2n) is 6.00. The Morgan fingerprint density at radius 3 is 2.52 bits per heavy atom. The number of pyridine rings is 1. The fourth-order valence-electron chi connectivity index (χ4n) is 2.13. The Labute approximate surface area is 145 Å². The van der Waals surface area contributed by atoms with Crippen LogP contribution in [0, 0.1) is 5.41 Å². The van der Waals surface area contributed by atoms with Gasteiger partial charge in [0.2, 0.25) is 0 Å². The van der Waals surface area contributed by atoms with Crippen LogP contribution in [0.4, 0.5) is 0 Å². The van der Waals surface area contributed by atoms with Crippen LogP contribution in [0.3, 0.4) is 0 Å². The Morgan fingerprint density at radius 1 is 1.29 bits per heavy atom. The molecule has 0 bridgehead atoms. The topological polar surface area (TPSA) is 52.6 Å². The minimum atomic E-state index is 0. The third-order valence-corrected chi connectivity index (χ3v) is 2.87. The van der Waals surface area contributed by atoms with Gasteiger partial charge < -0.3 is 15.5 Å². The van der Waals surface area contributed by atoms with Gasteiger partial charge in [-0.25, -0.2) is 0 Å². The van der Waals surface area contributed by atoms with Crippen molar-refractivity contribution in [3.63, 3.8) is 0 Å². The molecule has 0 aromatic carbocycles. The lowest BCUT2D eigenvalue weighted by Crippen LogP contribution is -2.44. The van der Waals surface area contributed by atoms with E-state index >= 15 is 0 Å². The molecule has 1 heterocycles. The van der Waals surface area contributed by atoms with Gasteiger partial charge in [-0.1, -0.05) is 19.9 Å². The van der Waals surface area contributed by atoms with E-state index < -0.39 is 0 Å². The average molecular weight is 405 g/mol. The summed E-state index contributed by atoms with van der Waals surface area (Å²) in [5, 5.41) is 6.64. The van der Waals surface area contributed by atoms with Crippen molar-refractivity contribution < 1.29 is 0 Å². The van der Waals surface area contributed by atoms with Crippen LogP contribution >= 0.6 is 24.0 Å². The largest absolute Gasteiger partial charge is 0.356 e. The van der Waals surface area contributed by atoms with Gasteiger partial charge in [0.25, 0.3) is 0 Å². The van der Waals surface area contributed by atoms with Crippen LogP contribution in [-0.2, 0) is 6.54 Å². The van der Waals surface area contributed by atoms with Gasteiger partial charge in [0.05, 0.1) is 12.2 Å². The fourth-order valence-corrected chi connectivity index (χ4v) is 2.13. The van der Waals surface area contributed by atoms with Gasteiger partial charge >= 0.3 is 0 Å². The number of halogens is 1. The second kappa shape index (κ2) is 9.94. The maximum atomic E-state index is 4.28. The molecule has 0 fully saturated rings. The Hall–Kier alpha value is -0.890. The quantitative estimate of drug-likeness (QED) is 0.432. The van der Waals surface area contributed by atoms with Gasteiger partial charge in [0, 0.05) is 26.3 Å². The number of guanidine groups is 1. The number of aliphatic imine (C=N–C) groups is 1. The zero-order valence-corrected chi connectivity index (χ0v) is 16.0. The first kappa shape index (κ1) is 20.1. The smallest absolute Gasteiger partial charge is 0.191 e. The van der Waals surface area contributed by atoms with Crippen molar-refractivity contribution in [2.75, 3.05) is 34.2 Å². The van der Waals surface area contributed by atoms with Crippen molar-refractivity contribution in [3.8, 4) is 0 Å². The molecule has 0 spiro atoms. The summed E-state index contributed by atoms with van der Waals surface area (Å²) in [5.41, 5.74) is 1.19. The maximum Gasteiger partial charge on any atom is 0.191 e. The van der Waals surface area contributed by atoms with E-state index in [-0.39, 0.29) is 29.4 Å². The molecule has 2 N–H and O–H groups in total. The lowest BCUT2D eigenvalue weighted by atomic mass is 9.93. The standard InChI is InChI=1S/C15H27N5.HI/c1-15(2,12-20(4)5)11-19-14(16-3)18-10-13-8-6-7-9-17-13;/h6-9H,10-12H2,1-5H3,(H2,16,18,19);1H. The van der Waals surface area contributed by atoms with Crippen molar-refractivity contribution >= 4 is 29.9 Å². The first-order valence-electron chi connectivity index (χ1n) is 6.92. The molecule has 0 saturated heterocycles. The molecule has 5 nitrogen and oxygen atoms in total. The number of aromatic nitrogens is 1. The SMILES string of the molecule is CN=C(NCc1ccccn1)NCC(C)(C)CN(C)C.I.